The molecule has 0 aliphatic carbocycles. The predicted octanol–water partition coefficient (Wildman–Crippen LogP) is 3.64. The summed E-state index contributed by atoms with van der Waals surface area (Å²) in [7, 11) is 0. The minimum atomic E-state index is -0.153. The summed E-state index contributed by atoms with van der Waals surface area (Å²) in [5.41, 5.74) is 0.997. The molecule has 0 fully saturated rings. The maximum atomic E-state index is 11.7. The Balaban J connectivity index is 1.78. The summed E-state index contributed by atoms with van der Waals surface area (Å²) < 4.78 is 6.45. The van der Waals surface area contributed by atoms with Gasteiger partial charge in [0.25, 0.3) is 5.91 Å². The Kier molecular flexibility index (Phi) is 5.67. The molecule has 0 aromatic heterocycles. The van der Waals surface area contributed by atoms with Crippen molar-refractivity contribution in [3.8, 4) is 5.75 Å². The van der Waals surface area contributed by atoms with Crippen LogP contribution in [-0.4, -0.2) is 12.5 Å². The largest absolute Gasteiger partial charge is 0.483 e. The molecule has 5 heteroatoms. The van der Waals surface area contributed by atoms with Gasteiger partial charge in [0.15, 0.2) is 6.61 Å². The highest BCUT2D eigenvalue weighted by molar-refractivity contribution is 14.1. The second kappa shape index (κ2) is 7.50. The zero-order valence-electron chi connectivity index (χ0n) is 10.6. The summed E-state index contributed by atoms with van der Waals surface area (Å²) in [5, 5.41) is 3.48. The summed E-state index contributed by atoms with van der Waals surface area (Å²) in [6.07, 6.45) is 0. The van der Waals surface area contributed by atoms with Crippen LogP contribution in [0.25, 0.3) is 0 Å². The first kappa shape index (κ1) is 15.1. The molecule has 0 spiro atoms. The standard InChI is InChI=1S/C15H13ClINO2/c16-12-7-5-11(6-8-12)9-18-15(19)10-20-14-4-2-1-3-13(14)17/h1-8H,9-10H2,(H,18,19). The van der Waals surface area contributed by atoms with Crippen molar-refractivity contribution in [3.63, 3.8) is 0 Å². The lowest BCUT2D eigenvalue weighted by Gasteiger charge is -2.08. The van der Waals surface area contributed by atoms with Gasteiger partial charge in [-0.3, -0.25) is 4.79 Å². The lowest BCUT2D eigenvalue weighted by molar-refractivity contribution is -0.123. The molecule has 20 heavy (non-hydrogen) atoms. The van der Waals surface area contributed by atoms with Crippen LogP contribution in [0.4, 0.5) is 0 Å². The highest BCUT2D eigenvalue weighted by Gasteiger charge is 2.04. The number of rotatable bonds is 5. The second-order valence-electron chi connectivity index (χ2n) is 4.12. The Bertz CT molecular complexity index is 587. The highest BCUT2D eigenvalue weighted by atomic mass is 127. The molecule has 1 amide bonds. The van der Waals surface area contributed by atoms with Gasteiger partial charge in [0.2, 0.25) is 0 Å². The molecule has 2 aromatic carbocycles. The van der Waals surface area contributed by atoms with Gasteiger partial charge in [0, 0.05) is 11.6 Å². The number of nitrogens with one attached hydrogen (secondary N) is 1. The first-order chi connectivity index (χ1) is 9.65. The Labute approximate surface area is 136 Å². The first-order valence-corrected chi connectivity index (χ1v) is 7.49. The maximum absolute atomic E-state index is 11.7. The van der Waals surface area contributed by atoms with Gasteiger partial charge in [0.1, 0.15) is 5.75 Å². The number of carbonyl (C=O) groups excluding carboxylic acids is 1. The van der Waals surface area contributed by atoms with E-state index < -0.39 is 0 Å². The molecule has 2 aromatic rings. The van der Waals surface area contributed by atoms with Crippen LogP contribution in [-0.2, 0) is 11.3 Å². The molecule has 0 atom stereocenters. The third-order valence-corrected chi connectivity index (χ3v) is 3.74. The van der Waals surface area contributed by atoms with E-state index in [0.29, 0.717) is 11.6 Å². The molecule has 0 bridgehead atoms. The smallest absolute Gasteiger partial charge is 0.258 e. The van der Waals surface area contributed by atoms with Crippen molar-refractivity contribution in [2.45, 2.75) is 6.54 Å². The van der Waals surface area contributed by atoms with Crippen LogP contribution >= 0.6 is 34.2 Å². The van der Waals surface area contributed by atoms with E-state index in [9.17, 15) is 4.79 Å². The van der Waals surface area contributed by atoms with Crippen molar-refractivity contribution in [2.24, 2.45) is 0 Å². The lowest BCUT2D eigenvalue weighted by Crippen LogP contribution is -2.28. The van der Waals surface area contributed by atoms with Crippen molar-refractivity contribution in [3.05, 3.63) is 62.7 Å². The van der Waals surface area contributed by atoms with E-state index in [0.717, 1.165) is 14.9 Å². The topological polar surface area (TPSA) is 38.3 Å². The van der Waals surface area contributed by atoms with E-state index in [1.165, 1.54) is 0 Å². The highest BCUT2D eigenvalue weighted by Crippen LogP contribution is 2.19. The van der Waals surface area contributed by atoms with E-state index in [2.05, 4.69) is 27.9 Å². The lowest BCUT2D eigenvalue weighted by atomic mass is 10.2. The van der Waals surface area contributed by atoms with Crippen LogP contribution < -0.4 is 10.1 Å². The van der Waals surface area contributed by atoms with Crippen molar-refractivity contribution in [1.29, 1.82) is 0 Å². The Hall–Kier alpha value is -1.27. The molecule has 0 saturated carbocycles. The molecule has 0 heterocycles. The molecule has 0 radical (unpaired) electrons. The van der Waals surface area contributed by atoms with Gasteiger partial charge in [-0.05, 0) is 52.4 Å². The molecule has 1 N–H and O–H groups in total. The third-order valence-electron chi connectivity index (χ3n) is 2.60. The summed E-state index contributed by atoms with van der Waals surface area (Å²) >= 11 is 7.97. The van der Waals surface area contributed by atoms with Gasteiger partial charge in [-0.15, -0.1) is 0 Å². The minimum Gasteiger partial charge on any atom is -0.483 e. The van der Waals surface area contributed by atoms with Gasteiger partial charge in [-0.2, -0.15) is 0 Å². The first-order valence-electron chi connectivity index (χ1n) is 6.03. The van der Waals surface area contributed by atoms with Crippen LogP contribution in [0.2, 0.25) is 5.02 Å². The molecular weight excluding hydrogens is 389 g/mol. The number of halogens is 2. The molecule has 0 aliphatic rings. The summed E-state index contributed by atoms with van der Waals surface area (Å²) in [5.74, 6) is 0.564. The number of hydrogen-bond donors (Lipinski definition) is 1. The van der Waals surface area contributed by atoms with Crippen LogP contribution in [0, 0.1) is 3.57 Å². The fourth-order valence-corrected chi connectivity index (χ4v) is 2.23. The molecule has 104 valence electrons. The van der Waals surface area contributed by atoms with Gasteiger partial charge in [-0.25, -0.2) is 0 Å². The summed E-state index contributed by atoms with van der Waals surface area (Å²) in [6, 6.07) is 14.9. The Morgan fingerprint density at radius 2 is 1.85 bits per heavy atom. The van der Waals surface area contributed by atoms with Gasteiger partial charge in [0.05, 0.1) is 3.57 Å². The molecule has 0 aliphatic heterocycles. The molecule has 0 unspecified atom stereocenters. The number of carbonyl (C=O) groups is 1. The number of para-hydroxylation sites is 1. The van der Waals surface area contributed by atoms with Crippen molar-refractivity contribution in [2.75, 3.05) is 6.61 Å². The zero-order chi connectivity index (χ0) is 14.4. The second-order valence-corrected chi connectivity index (χ2v) is 5.72. The van der Waals surface area contributed by atoms with Gasteiger partial charge in [-0.1, -0.05) is 35.9 Å². The zero-order valence-corrected chi connectivity index (χ0v) is 13.5. The maximum Gasteiger partial charge on any atom is 0.258 e. The SMILES string of the molecule is O=C(COc1ccccc1I)NCc1ccc(Cl)cc1. The van der Waals surface area contributed by atoms with E-state index in [1.54, 1.807) is 12.1 Å². The van der Waals surface area contributed by atoms with E-state index in [-0.39, 0.29) is 12.5 Å². The number of ether oxygens (including phenoxy) is 1. The van der Waals surface area contributed by atoms with Crippen molar-refractivity contribution >= 4 is 40.1 Å². The molecule has 3 nitrogen and oxygen atoms in total. The van der Waals surface area contributed by atoms with E-state index >= 15 is 0 Å². The normalized spacial score (nSPS) is 10.1. The number of amides is 1. The van der Waals surface area contributed by atoms with Crippen LogP contribution in [0.1, 0.15) is 5.56 Å². The molecule has 2 rings (SSSR count). The van der Waals surface area contributed by atoms with E-state index in [4.69, 9.17) is 16.3 Å². The molecular formula is C15H13ClINO2. The monoisotopic (exact) mass is 401 g/mol. The summed E-state index contributed by atoms with van der Waals surface area (Å²) in [4.78, 5) is 11.7. The quantitative estimate of drug-likeness (QED) is 0.777. The van der Waals surface area contributed by atoms with Crippen LogP contribution in [0.5, 0.6) is 5.75 Å². The van der Waals surface area contributed by atoms with Crippen molar-refractivity contribution in [1.82, 2.24) is 5.32 Å². The van der Waals surface area contributed by atoms with Crippen LogP contribution in [0.3, 0.4) is 0 Å². The number of hydrogen-bond acceptors (Lipinski definition) is 2. The minimum absolute atomic E-state index is 0.00754. The van der Waals surface area contributed by atoms with Crippen LogP contribution in [0.15, 0.2) is 48.5 Å². The Morgan fingerprint density at radius 1 is 1.15 bits per heavy atom. The molecule has 0 saturated heterocycles. The fourth-order valence-electron chi connectivity index (χ4n) is 1.56. The fraction of sp³-hybridized carbons (Fsp3) is 0.133. The summed E-state index contributed by atoms with van der Waals surface area (Å²) in [6.45, 7) is 0.471. The average Bonchev–Trinajstić information content (AvgIpc) is 2.46. The van der Waals surface area contributed by atoms with E-state index in [1.807, 2.05) is 36.4 Å². The average molecular weight is 402 g/mol. The number of benzene rings is 2. The van der Waals surface area contributed by atoms with Crippen molar-refractivity contribution < 1.29 is 9.53 Å². The third kappa shape index (κ3) is 4.68. The van der Waals surface area contributed by atoms with Gasteiger partial charge < -0.3 is 10.1 Å². The Morgan fingerprint density at radius 3 is 2.55 bits per heavy atom. The van der Waals surface area contributed by atoms with Gasteiger partial charge >= 0.3 is 0 Å². The predicted molar refractivity (Wildman–Crippen MR) is 88.0 cm³/mol.